The molecule has 0 unspecified atom stereocenters. The Morgan fingerprint density at radius 2 is 1.79 bits per heavy atom. The fraction of sp³-hybridized carbons (Fsp3) is 0.308. The summed E-state index contributed by atoms with van der Waals surface area (Å²) in [5.41, 5.74) is 3.45. The molecule has 0 saturated heterocycles. The third-order valence-electron chi connectivity index (χ3n) is 6.16. The van der Waals surface area contributed by atoms with Crippen LogP contribution in [0.4, 0.5) is 5.13 Å². The highest BCUT2D eigenvalue weighted by Gasteiger charge is 2.45. The van der Waals surface area contributed by atoms with Crippen LogP contribution in [-0.4, -0.2) is 22.4 Å². The quantitative estimate of drug-likeness (QED) is 0.322. The lowest BCUT2D eigenvalue weighted by Crippen LogP contribution is -2.29. The van der Waals surface area contributed by atoms with Crippen molar-refractivity contribution in [1.82, 2.24) is 10.2 Å². The fourth-order valence-corrected chi connectivity index (χ4v) is 5.79. The number of benzene rings is 2. The molecule has 8 heteroatoms. The zero-order valence-corrected chi connectivity index (χ0v) is 21.3. The summed E-state index contributed by atoms with van der Waals surface area (Å²) >= 11 is 3.03. The summed E-state index contributed by atoms with van der Waals surface area (Å²) in [6.07, 6.45) is 2.79. The molecule has 5 rings (SSSR count). The molecule has 0 saturated carbocycles. The Morgan fingerprint density at radius 3 is 2.47 bits per heavy atom. The normalized spacial score (nSPS) is 15.5. The maximum atomic E-state index is 13.8. The molecule has 0 N–H and O–H groups in total. The summed E-state index contributed by atoms with van der Waals surface area (Å²) in [7, 11) is 0. The molecule has 6 nitrogen and oxygen atoms in total. The van der Waals surface area contributed by atoms with Crippen LogP contribution >= 0.6 is 23.1 Å². The molecule has 2 aromatic heterocycles. The Morgan fingerprint density at radius 1 is 1.09 bits per heavy atom. The molecular weight excluding hydrogens is 466 g/mol. The van der Waals surface area contributed by atoms with Crippen LogP contribution in [0.15, 0.2) is 50.5 Å². The van der Waals surface area contributed by atoms with E-state index < -0.39 is 6.04 Å². The predicted octanol–water partition coefficient (Wildman–Crippen LogP) is 5.93. The van der Waals surface area contributed by atoms with Crippen LogP contribution < -0.4 is 10.3 Å². The number of thioether (sulfide) groups is 1. The third-order valence-corrected chi connectivity index (χ3v) is 7.85. The first-order valence-corrected chi connectivity index (χ1v) is 13.2. The van der Waals surface area contributed by atoms with Gasteiger partial charge in [0.15, 0.2) is 5.43 Å². The Balaban J connectivity index is 1.74. The van der Waals surface area contributed by atoms with E-state index in [1.54, 1.807) is 16.7 Å². The van der Waals surface area contributed by atoms with E-state index in [1.807, 2.05) is 56.5 Å². The number of amides is 1. The zero-order valence-electron chi connectivity index (χ0n) is 19.7. The molecule has 0 bridgehead atoms. The van der Waals surface area contributed by atoms with Crippen molar-refractivity contribution in [2.24, 2.45) is 5.92 Å². The third kappa shape index (κ3) is 3.75. The molecule has 1 atom stereocenters. The Bertz CT molecular complexity index is 1470. The van der Waals surface area contributed by atoms with Gasteiger partial charge >= 0.3 is 0 Å². The number of rotatable bonds is 5. The van der Waals surface area contributed by atoms with Crippen LogP contribution in [-0.2, 0) is 6.42 Å². The van der Waals surface area contributed by atoms with Crippen LogP contribution in [0.2, 0.25) is 0 Å². The van der Waals surface area contributed by atoms with Gasteiger partial charge in [0.05, 0.1) is 17.0 Å². The molecule has 174 valence electrons. The van der Waals surface area contributed by atoms with Gasteiger partial charge in [-0.1, -0.05) is 37.3 Å². The van der Waals surface area contributed by atoms with Gasteiger partial charge in [0.25, 0.3) is 5.91 Å². The van der Waals surface area contributed by atoms with E-state index in [0.29, 0.717) is 27.6 Å². The maximum absolute atomic E-state index is 13.8. The lowest BCUT2D eigenvalue weighted by atomic mass is 9.97. The topological polar surface area (TPSA) is 76.3 Å². The van der Waals surface area contributed by atoms with Gasteiger partial charge in [-0.25, -0.2) is 0 Å². The van der Waals surface area contributed by atoms with Gasteiger partial charge in [-0.2, -0.15) is 0 Å². The van der Waals surface area contributed by atoms with E-state index in [2.05, 4.69) is 24.0 Å². The minimum absolute atomic E-state index is 0.0836. The van der Waals surface area contributed by atoms with Crippen molar-refractivity contribution >= 4 is 45.1 Å². The summed E-state index contributed by atoms with van der Waals surface area (Å²) in [6, 6.07) is 11.0. The molecule has 0 fully saturated rings. The fourth-order valence-electron chi connectivity index (χ4n) is 4.30. The van der Waals surface area contributed by atoms with Crippen LogP contribution in [0, 0.1) is 19.8 Å². The Hall–Kier alpha value is -2.97. The van der Waals surface area contributed by atoms with E-state index in [4.69, 9.17) is 4.42 Å². The molecule has 1 amide bonds. The largest absolute Gasteiger partial charge is 0.450 e. The molecule has 1 aliphatic heterocycles. The number of carbonyl (C=O) groups is 1. The van der Waals surface area contributed by atoms with E-state index in [-0.39, 0.29) is 17.1 Å². The molecule has 0 spiro atoms. The van der Waals surface area contributed by atoms with Gasteiger partial charge in [-0.05, 0) is 67.0 Å². The first kappa shape index (κ1) is 22.8. The highest BCUT2D eigenvalue weighted by molar-refractivity contribution is 7.98. The number of aryl methyl sites for hydroxylation is 2. The van der Waals surface area contributed by atoms with Crippen LogP contribution in [0.5, 0.6) is 0 Å². The first-order chi connectivity index (χ1) is 16.3. The van der Waals surface area contributed by atoms with Gasteiger partial charge in [0, 0.05) is 11.3 Å². The second-order valence-electron chi connectivity index (χ2n) is 9.03. The standard InChI is InChI=1S/C26H25N3O3S2/c1-13(2)10-20-27-28-26(34-20)29-22(16-6-8-17(33-5)9-7-16)21-23(30)18-11-14(3)15(4)12-19(18)32-24(21)25(29)31/h6-9,11-13,22H,10H2,1-5H3/t22-/m0/s1. The van der Waals surface area contributed by atoms with Gasteiger partial charge < -0.3 is 4.42 Å². The van der Waals surface area contributed by atoms with Crippen molar-refractivity contribution in [3.05, 3.63) is 79.6 Å². The van der Waals surface area contributed by atoms with Gasteiger partial charge in [0.1, 0.15) is 10.6 Å². The number of fused-ring (bicyclic) bond motifs is 2. The summed E-state index contributed by atoms with van der Waals surface area (Å²) in [4.78, 5) is 30.2. The monoisotopic (exact) mass is 491 g/mol. The van der Waals surface area contributed by atoms with Crippen molar-refractivity contribution in [3.8, 4) is 0 Å². The van der Waals surface area contributed by atoms with Crippen LogP contribution in [0.3, 0.4) is 0 Å². The molecule has 4 aromatic rings. The van der Waals surface area contributed by atoms with Gasteiger partial charge in [0.2, 0.25) is 10.9 Å². The molecule has 34 heavy (non-hydrogen) atoms. The lowest BCUT2D eigenvalue weighted by molar-refractivity contribution is 0.0970. The number of carbonyl (C=O) groups excluding carboxylic acids is 1. The molecular formula is C26H25N3O3S2. The molecule has 3 heterocycles. The van der Waals surface area contributed by atoms with Crippen molar-refractivity contribution in [1.29, 1.82) is 0 Å². The number of hydrogen-bond donors (Lipinski definition) is 0. The number of nitrogens with zero attached hydrogens (tertiary/aromatic N) is 3. The minimum Gasteiger partial charge on any atom is -0.450 e. The molecule has 1 aliphatic rings. The summed E-state index contributed by atoms with van der Waals surface area (Å²) < 4.78 is 6.11. The molecule has 0 aliphatic carbocycles. The highest BCUT2D eigenvalue weighted by atomic mass is 32.2. The van der Waals surface area contributed by atoms with Crippen molar-refractivity contribution in [2.75, 3.05) is 11.2 Å². The molecule has 2 aromatic carbocycles. The maximum Gasteiger partial charge on any atom is 0.297 e. The number of anilines is 1. The SMILES string of the molecule is CSc1ccc([C@H]2c3c(oc4cc(C)c(C)cc4c3=O)C(=O)N2c2nnc(CC(C)C)s2)cc1. The van der Waals surface area contributed by atoms with Crippen molar-refractivity contribution in [2.45, 2.75) is 45.1 Å². The summed E-state index contributed by atoms with van der Waals surface area (Å²) in [6.45, 7) is 8.16. The summed E-state index contributed by atoms with van der Waals surface area (Å²) in [5.74, 6) is 0.140. The van der Waals surface area contributed by atoms with Gasteiger partial charge in [-0.15, -0.1) is 22.0 Å². The lowest BCUT2D eigenvalue weighted by Gasteiger charge is -2.22. The first-order valence-electron chi connectivity index (χ1n) is 11.2. The van der Waals surface area contributed by atoms with Crippen LogP contribution in [0.25, 0.3) is 11.0 Å². The summed E-state index contributed by atoms with van der Waals surface area (Å²) in [5, 5.41) is 10.5. The second kappa shape index (κ2) is 8.67. The van der Waals surface area contributed by atoms with Crippen molar-refractivity contribution < 1.29 is 9.21 Å². The van der Waals surface area contributed by atoms with E-state index in [9.17, 15) is 9.59 Å². The average molecular weight is 492 g/mol. The second-order valence-corrected chi connectivity index (χ2v) is 11.0. The minimum atomic E-state index is -0.625. The van der Waals surface area contributed by atoms with E-state index >= 15 is 0 Å². The Labute approximate surface area is 206 Å². The van der Waals surface area contributed by atoms with Crippen LogP contribution in [0.1, 0.15) is 57.7 Å². The van der Waals surface area contributed by atoms with E-state index in [1.165, 1.54) is 11.3 Å². The number of aromatic nitrogens is 2. The molecule has 0 radical (unpaired) electrons. The average Bonchev–Trinajstić information content (AvgIpc) is 3.37. The Kier molecular flexibility index (Phi) is 5.81. The van der Waals surface area contributed by atoms with Gasteiger partial charge in [-0.3, -0.25) is 14.5 Å². The zero-order chi connectivity index (χ0) is 24.1. The smallest absolute Gasteiger partial charge is 0.297 e. The van der Waals surface area contributed by atoms with Crippen molar-refractivity contribution in [3.63, 3.8) is 0 Å². The highest BCUT2D eigenvalue weighted by Crippen LogP contribution is 2.42. The predicted molar refractivity (Wildman–Crippen MR) is 137 cm³/mol. The van der Waals surface area contributed by atoms with E-state index in [0.717, 1.165) is 33.0 Å². The number of hydrogen-bond acceptors (Lipinski definition) is 7.